The fourth-order valence-corrected chi connectivity index (χ4v) is 3.37. The quantitative estimate of drug-likeness (QED) is 0.475. The molecule has 0 amide bonds. The molecule has 1 heterocycles. The predicted octanol–water partition coefficient (Wildman–Crippen LogP) is 4.84. The van der Waals surface area contributed by atoms with Crippen molar-refractivity contribution in [1.29, 1.82) is 0 Å². The van der Waals surface area contributed by atoms with E-state index in [1.807, 2.05) is 72.8 Å². The molecule has 0 bridgehead atoms. The second-order valence-corrected chi connectivity index (χ2v) is 6.55. The minimum Gasteiger partial charge on any atom is -0.493 e. The van der Waals surface area contributed by atoms with E-state index in [9.17, 15) is 4.79 Å². The number of nitrogens with zero attached hydrogens (tertiary/aromatic N) is 1. The van der Waals surface area contributed by atoms with Crippen molar-refractivity contribution in [1.82, 2.24) is 4.57 Å². The molecule has 0 fully saturated rings. The van der Waals surface area contributed by atoms with Crippen LogP contribution in [0.25, 0.3) is 22.6 Å². The van der Waals surface area contributed by atoms with Gasteiger partial charge in [0.25, 0.3) is 0 Å². The van der Waals surface area contributed by atoms with Crippen molar-refractivity contribution in [3.63, 3.8) is 0 Å². The summed E-state index contributed by atoms with van der Waals surface area (Å²) in [5.74, 6) is 1.28. The summed E-state index contributed by atoms with van der Waals surface area (Å²) in [7, 11) is 3.17. The van der Waals surface area contributed by atoms with Crippen LogP contribution in [0.5, 0.6) is 11.5 Å². The molecule has 0 aliphatic rings. The lowest BCUT2D eigenvalue weighted by Gasteiger charge is -2.11. The van der Waals surface area contributed by atoms with E-state index in [1.54, 1.807) is 24.9 Å². The lowest BCUT2D eigenvalue weighted by Crippen LogP contribution is -2.16. The van der Waals surface area contributed by atoms with Crippen LogP contribution in [-0.4, -0.2) is 18.8 Å². The molecule has 0 aliphatic heterocycles. The molecule has 0 spiro atoms. The molecular formula is C24H21NO4. The van der Waals surface area contributed by atoms with E-state index in [0.29, 0.717) is 23.8 Å². The van der Waals surface area contributed by atoms with Gasteiger partial charge in [-0.15, -0.1) is 0 Å². The minimum absolute atomic E-state index is 0.405. The molecule has 0 saturated heterocycles. The third-order valence-electron chi connectivity index (χ3n) is 4.77. The van der Waals surface area contributed by atoms with E-state index in [-0.39, 0.29) is 0 Å². The summed E-state index contributed by atoms with van der Waals surface area (Å²) >= 11 is 0. The van der Waals surface area contributed by atoms with Crippen molar-refractivity contribution < 1.29 is 13.9 Å². The molecule has 0 radical (unpaired) electrons. The van der Waals surface area contributed by atoms with Crippen LogP contribution >= 0.6 is 0 Å². The molecule has 5 nitrogen and oxygen atoms in total. The number of benzene rings is 3. The molecular weight excluding hydrogens is 366 g/mol. The van der Waals surface area contributed by atoms with Gasteiger partial charge in [-0.05, 0) is 23.8 Å². The largest absolute Gasteiger partial charge is 0.493 e. The first-order valence-electron chi connectivity index (χ1n) is 9.26. The highest BCUT2D eigenvalue weighted by Gasteiger charge is 2.21. The third kappa shape index (κ3) is 3.67. The number of hydrogen-bond acceptors (Lipinski definition) is 4. The molecule has 0 aliphatic carbocycles. The molecule has 4 rings (SSSR count). The molecule has 0 saturated carbocycles. The first-order valence-corrected chi connectivity index (χ1v) is 9.26. The maximum absolute atomic E-state index is 12.8. The van der Waals surface area contributed by atoms with Gasteiger partial charge in [0.2, 0.25) is 0 Å². The van der Waals surface area contributed by atoms with Crippen LogP contribution in [-0.2, 0) is 6.54 Å². The van der Waals surface area contributed by atoms with Crippen LogP contribution < -0.4 is 15.2 Å². The van der Waals surface area contributed by atoms with Crippen molar-refractivity contribution in [2.45, 2.75) is 6.54 Å². The first-order chi connectivity index (χ1) is 14.2. The zero-order chi connectivity index (χ0) is 20.2. The van der Waals surface area contributed by atoms with E-state index in [1.165, 1.54) is 0 Å². The molecule has 0 atom stereocenters. The van der Waals surface area contributed by atoms with Crippen molar-refractivity contribution in [3.05, 3.63) is 95.0 Å². The van der Waals surface area contributed by atoms with Crippen LogP contribution in [0.1, 0.15) is 5.56 Å². The van der Waals surface area contributed by atoms with Crippen LogP contribution in [0.3, 0.4) is 0 Å². The SMILES string of the molecule is COc1ccc(-c2oc(=O)n(Cc3ccccc3)c2-c2ccccc2)cc1OC. The van der Waals surface area contributed by atoms with Crippen LogP contribution in [0.4, 0.5) is 0 Å². The number of aromatic nitrogens is 1. The number of oxazole rings is 1. The Bertz CT molecular complexity index is 1160. The van der Waals surface area contributed by atoms with Gasteiger partial charge >= 0.3 is 5.76 Å². The van der Waals surface area contributed by atoms with E-state index in [4.69, 9.17) is 13.9 Å². The van der Waals surface area contributed by atoms with Crippen molar-refractivity contribution in [3.8, 4) is 34.1 Å². The lowest BCUT2D eigenvalue weighted by molar-refractivity contribution is 0.355. The highest BCUT2D eigenvalue weighted by Crippen LogP contribution is 2.37. The molecule has 0 N–H and O–H groups in total. The Hall–Kier alpha value is -3.73. The Morgan fingerprint density at radius 3 is 2.10 bits per heavy atom. The number of hydrogen-bond donors (Lipinski definition) is 0. The van der Waals surface area contributed by atoms with Gasteiger partial charge in [-0.3, -0.25) is 4.57 Å². The number of methoxy groups -OCH3 is 2. The zero-order valence-electron chi connectivity index (χ0n) is 16.3. The van der Waals surface area contributed by atoms with Crippen molar-refractivity contribution >= 4 is 0 Å². The second kappa shape index (κ2) is 8.10. The van der Waals surface area contributed by atoms with E-state index in [2.05, 4.69) is 0 Å². The van der Waals surface area contributed by atoms with Crippen molar-refractivity contribution in [2.24, 2.45) is 0 Å². The van der Waals surface area contributed by atoms with Gasteiger partial charge in [-0.1, -0.05) is 60.7 Å². The van der Waals surface area contributed by atoms with Gasteiger partial charge in [0.15, 0.2) is 17.3 Å². The van der Waals surface area contributed by atoms with Gasteiger partial charge in [0, 0.05) is 11.1 Å². The van der Waals surface area contributed by atoms with Crippen LogP contribution in [0.15, 0.2) is 88.1 Å². The number of rotatable bonds is 6. The Labute approximate surface area is 168 Å². The maximum atomic E-state index is 12.8. The summed E-state index contributed by atoms with van der Waals surface area (Å²) in [5, 5.41) is 0. The monoisotopic (exact) mass is 387 g/mol. The molecule has 3 aromatic carbocycles. The molecule has 5 heteroatoms. The minimum atomic E-state index is -0.405. The van der Waals surface area contributed by atoms with E-state index < -0.39 is 5.76 Å². The first kappa shape index (κ1) is 18.6. The third-order valence-corrected chi connectivity index (χ3v) is 4.77. The molecule has 1 aromatic heterocycles. The van der Waals surface area contributed by atoms with Crippen LogP contribution in [0, 0.1) is 0 Å². The molecule has 29 heavy (non-hydrogen) atoms. The molecule has 4 aromatic rings. The van der Waals surface area contributed by atoms with Gasteiger partial charge in [0.05, 0.1) is 26.5 Å². The summed E-state index contributed by atoms with van der Waals surface area (Å²) in [6.07, 6.45) is 0. The van der Waals surface area contributed by atoms with E-state index >= 15 is 0 Å². The van der Waals surface area contributed by atoms with Gasteiger partial charge in [-0.25, -0.2) is 4.79 Å². The molecule has 0 unspecified atom stereocenters. The summed E-state index contributed by atoms with van der Waals surface area (Å²) in [5.41, 5.74) is 3.39. The Kier molecular flexibility index (Phi) is 5.20. The normalized spacial score (nSPS) is 10.7. The Morgan fingerprint density at radius 1 is 0.793 bits per heavy atom. The fourth-order valence-electron chi connectivity index (χ4n) is 3.37. The standard InChI is InChI=1S/C24H21NO4/c1-27-20-14-13-19(15-21(20)28-2)23-22(18-11-7-4-8-12-18)25(24(26)29-23)16-17-9-5-3-6-10-17/h3-15H,16H2,1-2H3. The predicted molar refractivity (Wildman–Crippen MR) is 112 cm³/mol. The lowest BCUT2D eigenvalue weighted by atomic mass is 10.0. The van der Waals surface area contributed by atoms with Gasteiger partial charge in [0.1, 0.15) is 0 Å². The van der Waals surface area contributed by atoms with Crippen molar-refractivity contribution in [2.75, 3.05) is 14.2 Å². The average molecular weight is 387 g/mol. The second-order valence-electron chi connectivity index (χ2n) is 6.55. The highest BCUT2D eigenvalue weighted by atomic mass is 16.5. The van der Waals surface area contributed by atoms with Gasteiger partial charge < -0.3 is 13.9 Å². The smallest absolute Gasteiger partial charge is 0.420 e. The van der Waals surface area contributed by atoms with E-state index in [0.717, 1.165) is 22.4 Å². The summed E-state index contributed by atoms with van der Waals surface area (Å²) in [6.45, 7) is 0.417. The summed E-state index contributed by atoms with van der Waals surface area (Å²) in [6, 6.07) is 25.1. The fraction of sp³-hybridized carbons (Fsp3) is 0.125. The topological polar surface area (TPSA) is 53.6 Å². The van der Waals surface area contributed by atoms with Gasteiger partial charge in [-0.2, -0.15) is 0 Å². The highest BCUT2D eigenvalue weighted by molar-refractivity contribution is 5.78. The average Bonchev–Trinajstić information content (AvgIpc) is 3.10. The Balaban J connectivity index is 1.91. The van der Waals surface area contributed by atoms with Crippen LogP contribution in [0.2, 0.25) is 0 Å². The zero-order valence-corrected chi connectivity index (χ0v) is 16.3. The maximum Gasteiger partial charge on any atom is 0.420 e. The molecule has 146 valence electrons. The Morgan fingerprint density at radius 2 is 1.45 bits per heavy atom. The number of ether oxygens (including phenoxy) is 2. The summed E-state index contributed by atoms with van der Waals surface area (Å²) < 4.78 is 18.2. The summed E-state index contributed by atoms with van der Waals surface area (Å²) in [4.78, 5) is 12.8.